The van der Waals surface area contributed by atoms with Crippen molar-refractivity contribution in [2.45, 2.75) is 39.0 Å². The van der Waals surface area contributed by atoms with E-state index < -0.39 is 0 Å². The van der Waals surface area contributed by atoms with Crippen molar-refractivity contribution in [3.8, 4) is 0 Å². The minimum Gasteiger partial charge on any atom is -0.422 e. The van der Waals surface area contributed by atoms with Crippen LogP contribution in [0.25, 0.3) is 21.1 Å². The molecule has 1 aliphatic rings. The van der Waals surface area contributed by atoms with Gasteiger partial charge in [-0.15, -0.1) is 11.3 Å². The molecular formula is C21H21NO3S. The molecule has 0 fully saturated rings. The Bertz CT molecular complexity index is 1070. The molecule has 0 saturated carbocycles. The minimum atomic E-state index is -0.390. The third-order valence-corrected chi connectivity index (χ3v) is 6.04. The van der Waals surface area contributed by atoms with Gasteiger partial charge < -0.3 is 9.73 Å². The average Bonchev–Trinajstić information content (AvgIpc) is 3.10. The standard InChI is InChI=1S/C21H21NO3S/c1-13-7-8-17-15(11-13)19-16(21(24)25-17)12-18(26-19)20(23)22-10-9-14-5-3-2-4-6-14/h5,7-8,11-12H,2-4,6,9-10H2,1H3,(H,22,23). The van der Waals surface area contributed by atoms with E-state index in [0.29, 0.717) is 22.4 Å². The minimum absolute atomic E-state index is 0.122. The molecule has 3 aromatic rings. The van der Waals surface area contributed by atoms with E-state index in [1.165, 1.54) is 29.8 Å². The van der Waals surface area contributed by atoms with Crippen LogP contribution < -0.4 is 10.9 Å². The van der Waals surface area contributed by atoms with Gasteiger partial charge >= 0.3 is 5.63 Å². The third kappa shape index (κ3) is 3.31. The van der Waals surface area contributed by atoms with Crippen LogP contribution in [0.1, 0.15) is 47.3 Å². The number of benzene rings is 1. The van der Waals surface area contributed by atoms with Crippen LogP contribution in [0.15, 0.2) is 45.1 Å². The molecule has 5 heteroatoms. The van der Waals surface area contributed by atoms with Crippen molar-refractivity contribution in [1.29, 1.82) is 0 Å². The van der Waals surface area contributed by atoms with Gasteiger partial charge in [0.05, 0.1) is 15.0 Å². The van der Waals surface area contributed by atoms with Gasteiger partial charge in [0.15, 0.2) is 0 Å². The Labute approximate surface area is 155 Å². The summed E-state index contributed by atoms with van der Waals surface area (Å²) >= 11 is 1.36. The van der Waals surface area contributed by atoms with Crippen LogP contribution >= 0.6 is 11.3 Å². The Morgan fingerprint density at radius 3 is 2.92 bits per heavy atom. The topological polar surface area (TPSA) is 59.3 Å². The fourth-order valence-corrected chi connectivity index (χ4v) is 4.56. The van der Waals surface area contributed by atoms with Gasteiger partial charge in [-0.05, 0) is 57.2 Å². The maximum absolute atomic E-state index is 12.5. The van der Waals surface area contributed by atoms with Gasteiger partial charge in [0.2, 0.25) is 0 Å². The van der Waals surface area contributed by atoms with Gasteiger partial charge in [-0.3, -0.25) is 4.79 Å². The van der Waals surface area contributed by atoms with Crippen molar-refractivity contribution < 1.29 is 9.21 Å². The molecule has 0 unspecified atom stereocenters. The van der Waals surface area contributed by atoms with Crippen LogP contribution in [0.5, 0.6) is 0 Å². The Balaban J connectivity index is 1.58. The van der Waals surface area contributed by atoms with Gasteiger partial charge in [0, 0.05) is 11.9 Å². The van der Waals surface area contributed by atoms with Gasteiger partial charge in [-0.25, -0.2) is 4.79 Å². The highest BCUT2D eigenvalue weighted by atomic mass is 32.1. The molecular weight excluding hydrogens is 346 g/mol. The predicted molar refractivity (Wildman–Crippen MR) is 106 cm³/mol. The summed E-state index contributed by atoms with van der Waals surface area (Å²) in [5, 5.41) is 4.35. The lowest BCUT2D eigenvalue weighted by Gasteiger charge is -2.12. The van der Waals surface area contributed by atoms with Gasteiger partial charge in [0.1, 0.15) is 5.58 Å². The van der Waals surface area contributed by atoms with E-state index in [1.54, 1.807) is 6.07 Å². The Hall–Kier alpha value is -2.40. The molecule has 4 nitrogen and oxygen atoms in total. The first-order valence-corrected chi connectivity index (χ1v) is 9.86. The smallest absolute Gasteiger partial charge is 0.345 e. The summed E-state index contributed by atoms with van der Waals surface area (Å²) in [6.07, 6.45) is 8.02. The highest BCUT2D eigenvalue weighted by Crippen LogP contribution is 2.31. The molecule has 0 radical (unpaired) electrons. The maximum Gasteiger partial charge on any atom is 0.345 e. The van der Waals surface area contributed by atoms with Gasteiger partial charge in [-0.1, -0.05) is 23.3 Å². The summed E-state index contributed by atoms with van der Waals surface area (Å²) < 4.78 is 6.21. The lowest BCUT2D eigenvalue weighted by atomic mass is 9.97. The summed E-state index contributed by atoms with van der Waals surface area (Å²) in [7, 11) is 0. The summed E-state index contributed by atoms with van der Waals surface area (Å²) in [4.78, 5) is 25.3. The molecule has 26 heavy (non-hydrogen) atoms. The Morgan fingerprint density at radius 1 is 1.23 bits per heavy atom. The van der Waals surface area contributed by atoms with E-state index >= 15 is 0 Å². The molecule has 2 heterocycles. The zero-order valence-corrected chi connectivity index (χ0v) is 15.6. The van der Waals surface area contributed by atoms with E-state index in [4.69, 9.17) is 4.42 Å². The summed E-state index contributed by atoms with van der Waals surface area (Å²) in [5.41, 5.74) is 2.70. The van der Waals surface area contributed by atoms with Crippen LogP contribution in [-0.2, 0) is 0 Å². The van der Waals surface area contributed by atoms with Crippen molar-refractivity contribution in [3.63, 3.8) is 0 Å². The lowest BCUT2D eigenvalue weighted by Crippen LogP contribution is -2.24. The van der Waals surface area contributed by atoms with Crippen LogP contribution in [-0.4, -0.2) is 12.5 Å². The number of rotatable bonds is 4. The van der Waals surface area contributed by atoms with Crippen LogP contribution in [0, 0.1) is 6.92 Å². The first kappa shape index (κ1) is 17.0. The highest BCUT2D eigenvalue weighted by Gasteiger charge is 2.16. The van der Waals surface area contributed by atoms with Crippen molar-refractivity contribution in [2.24, 2.45) is 0 Å². The zero-order chi connectivity index (χ0) is 18.1. The normalized spacial score (nSPS) is 14.6. The van der Waals surface area contributed by atoms with Gasteiger partial charge in [0.25, 0.3) is 5.91 Å². The molecule has 2 aromatic heterocycles. The van der Waals surface area contributed by atoms with E-state index in [2.05, 4.69) is 11.4 Å². The number of nitrogens with one attached hydrogen (secondary N) is 1. The third-order valence-electron chi connectivity index (χ3n) is 4.87. The first-order chi connectivity index (χ1) is 12.6. The number of hydrogen-bond acceptors (Lipinski definition) is 4. The van der Waals surface area contributed by atoms with Gasteiger partial charge in [-0.2, -0.15) is 0 Å². The molecule has 0 saturated heterocycles. The van der Waals surface area contributed by atoms with Crippen molar-refractivity contribution in [2.75, 3.05) is 6.54 Å². The van der Waals surface area contributed by atoms with Crippen LogP contribution in [0.2, 0.25) is 0 Å². The number of aryl methyl sites for hydroxylation is 1. The number of fused-ring (bicyclic) bond motifs is 3. The Kier molecular flexibility index (Phi) is 4.64. The number of carbonyl (C=O) groups is 1. The molecule has 0 bridgehead atoms. The molecule has 1 N–H and O–H groups in total. The second-order valence-corrected chi connectivity index (χ2v) is 7.91. The number of amides is 1. The molecule has 1 amide bonds. The van der Waals surface area contributed by atoms with Crippen molar-refractivity contribution >= 4 is 38.3 Å². The summed E-state index contributed by atoms with van der Waals surface area (Å²) in [6.45, 7) is 2.63. The van der Waals surface area contributed by atoms with E-state index in [0.717, 1.165) is 34.9 Å². The molecule has 1 aromatic carbocycles. The van der Waals surface area contributed by atoms with E-state index in [1.807, 2.05) is 25.1 Å². The average molecular weight is 367 g/mol. The second kappa shape index (κ2) is 7.08. The predicted octanol–water partition coefficient (Wildman–Crippen LogP) is 4.94. The molecule has 0 aliphatic heterocycles. The second-order valence-electron chi connectivity index (χ2n) is 6.86. The monoisotopic (exact) mass is 367 g/mol. The lowest BCUT2D eigenvalue weighted by molar-refractivity contribution is 0.0958. The highest BCUT2D eigenvalue weighted by molar-refractivity contribution is 7.21. The quantitative estimate of drug-likeness (QED) is 0.525. The molecule has 1 aliphatic carbocycles. The van der Waals surface area contributed by atoms with Crippen LogP contribution in [0.3, 0.4) is 0 Å². The van der Waals surface area contributed by atoms with Crippen molar-refractivity contribution in [1.82, 2.24) is 5.32 Å². The number of hydrogen-bond donors (Lipinski definition) is 1. The van der Waals surface area contributed by atoms with Crippen molar-refractivity contribution in [3.05, 3.63) is 56.8 Å². The maximum atomic E-state index is 12.5. The number of carbonyl (C=O) groups excluding carboxylic acids is 1. The van der Waals surface area contributed by atoms with Crippen LogP contribution in [0.4, 0.5) is 0 Å². The summed E-state index contributed by atoms with van der Waals surface area (Å²) in [6, 6.07) is 7.37. The number of allylic oxidation sites excluding steroid dienone is 1. The zero-order valence-electron chi connectivity index (χ0n) is 14.8. The Morgan fingerprint density at radius 2 is 2.12 bits per heavy atom. The van der Waals surface area contributed by atoms with E-state index in [9.17, 15) is 9.59 Å². The SMILES string of the molecule is Cc1ccc2oc(=O)c3cc(C(=O)NCCC4=CCCCC4)sc3c2c1. The fraction of sp³-hybridized carbons (Fsp3) is 0.333. The molecule has 0 spiro atoms. The fourth-order valence-electron chi connectivity index (χ4n) is 3.48. The molecule has 4 rings (SSSR count). The first-order valence-electron chi connectivity index (χ1n) is 9.05. The van der Waals surface area contributed by atoms with E-state index in [-0.39, 0.29) is 11.5 Å². The molecule has 0 atom stereocenters. The summed E-state index contributed by atoms with van der Waals surface area (Å²) in [5.74, 6) is -0.122. The molecule has 134 valence electrons. The number of thiophene rings is 1. The largest absolute Gasteiger partial charge is 0.422 e.